The number of anilines is 1. The van der Waals surface area contributed by atoms with Gasteiger partial charge in [0.25, 0.3) is 0 Å². The van der Waals surface area contributed by atoms with Crippen LogP contribution in [0.5, 0.6) is 0 Å². The molecular weight excluding hydrogens is 519 g/mol. The number of likely N-dealkylation sites (N-methyl/N-ethyl adjacent to an activating group) is 1. The number of amides is 2. The number of alkyl halides is 3. The van der Waals surface area contributed by atoms with Crippen LogP contribution >= 0.6 is 11.6 Å². The van der Waals surface area contributed by atoms with Crippen molar-refractivity contribution in [3.8, 4) is 0 Å². The maximum atomic E-state index is 13.1. The third-order valence-electron chi connectivity index (χ3n) is 5.37. The van der Waals surface area contributed by atoms with Crippen molar-refractivity contribution in [2.45, 2.75) is 45.5 Å². The summed E-state index contributed by atoms with van der Waals surface area (Å²) >= 11 is 6.04. The van der Waals surface area contributed by atoms with Crippen molar-refractivity contribution >= 4 is 39.1 Å². The molecule has 0 bridgehead atoms. The summed E-state index contributed by atoms with van der Waals surface area (Å²) < 4.78 is 64.8. The lowest BCUT2D eigenvalue weighted by atomic mass is 10.1. The number of rotatable bonds is 11. The Bertz CT molecular complexity index is 1180. The number of benzene rings is 2. The first-order chi connectivity index (χ1) is 16.7. The second-order valence-corrected chi connectivity index (χ2v) is 10.6. The standard InChI is InChI=1S/C24H29ClF3N3O4S/c1-4-29-23(33)17(2)30(16-18-8-5-10-20(25)14-18)22(32)12-7-13-31(36(3,34)35)21-11-6-9-19(15-21)24(26,27)28/h5-6,8-11,14-15,17H,4,7,12-13,16H2,1-3H3,(H,29,33)/t17-/m0/s1. The molecule has 0 fully saturated rings. The molecule has 198 valence electrons. The summed E-state index contributed by atoms with van der Waals surface area (Å²) in [5.41, 5.74) is -0.423. The topological polar surface area (TPSA) is 86.8 Å². The fourth-order valence-corrected chi connectivity index (χ4v) is 4.75. The summed E-state index contributed by atoms with van der Waals surface area (Å²) in [6.07, 6.45) is -3.85. The second kappa shape index (κ2) is 12.4. The van der Waals surface area contributed by atoms with Crippen LogP contribution in [-0.2, 0) is 32.3 Å². The van der Waals surface area contributed by atoms with E-state index < -0.39 is 33.7 Å². The lowest BCUT2D eigenvalue weighted by molar-refractivity contribution is -0.140. The molecule has 2 rings (SSSR count). The normalized spacial score (nSPS) is 12.6. The molecule has 0 saturated heterocycles. The Kier molecular flexibility index (Phi) is 10.2. The van der Waals surface area contributed by atoms with Gasteiger partial charge >= 0.3 is 6.18 Å². The average Bonchev–Trinajstić information content (AvgIpc) is 2.78. The molecule has 36 heavy (non-hydrogen) atoms. The highest BCUT2D eigenvalue weighted by Gasteiger charge is 2.32. The molecular formula is C24H29ClF3N3O4S. The minimum atomic E-state index is -4.63. The van der Waals surface area contributed by atoms with Crippen molar-refractivity contribution in [3.63, 3.8) is 0 Å². The molecule has 0 aliphatic heterocycles. The molecule has 0 spiro atoms. The van der Waals surface area contributed by atoms with Gasteiger partial charge in [0, 0.05) is 31.1 Å². The van der Waals surface area contributed by atoms with Crippen LogP contribution in [0.15, 0.2) is 48.5 Å². The number of carbonyl (C=O) groups is 2. The number of nitrogens with one attached hydrogen (secondary N) is 1. The quantitative estimate of drug-likeness (QED) is 0.450. The Labute approximate surface area is 214 Å². The highest BCUT2D eigenvalue weighted by Crippen LogP contribution is 2.32. The third-order valence-corrected chi connectivity index (χ3v) is 6.80. The molecule has 7 nitrogen and oxygen atoms in total. The molecule has 1 N–H and O–H groups in total. The Morgan fingerprint density at radius 3 is 2.36 bits per heavy atom. The van der Waals surface area contributed by atoms with Gasteiger partial charge in [-0.2, -0.15) is 13.2 Å². The predicted molar refractivity (Wildman–Crippen MR) is 133 cm³/mol. The van der Waals surface area contributed by atoms with Gasteiger partial charge in [-0.3, -0.25) is 13.9 Å². The van der Waals surface area contributed by atoms with Crippen molar-refractivity contribution < 1.29 is 31.2 Å². The molecule has 2 amide bonds. The van der Waals surface area contributed by atoms with Crippen LogP contribution in [0.2, 0.25) is 5.02 Å². The fraction of sp³-hybridized carbons (Fsp3) is 0.417. The molecule has 2 aromatic carbocycles. The van der Waals surface area contributed by atoms with Crippen molar-refractivity contribution in [3.05, 3.63) is 64.7 Å². The minimum Gasteiger partial charge on any atom is -0.355 e. The molecule has 0 saturated carbocycles. The van der Waals surface area contributed by atoms with Crippen LogP contribution in [0.3, 0.4) is 0 Å². The maximum absolute atomic E-state index is 13.1. The van der Waals surface area contributed by atoms with E-state index in [1.165, 1.54) is 11.0 Å². The Hall–Kier alpha value is -2.79. The lowest BCUT2D eigenvalue weighted by Gasteiger charge is -2.29. The second-order valence-electron chi connectivity index (χ2n) is 8.21. The van der Waals surface area contributed by atoms with Crippen LogP contribution in [0, 0.1) is 0 Å². The largest absolute Gasteiger partial charge is 0.416 e. The SMILES string of the molecule is CCNC(=O)[C@H](C)N(Cc1cccc(Cl)c1)C(=O)CCCN(c1cccc(C(F)(F)F)c1)S(C)(=O)=O. The molecule has 0 aliphatic carbocycles. The predicted octanol–water partition coefficient (Wildman–Crippen LogP) is 4.46. The number of hydrogen-bond acceptors (Lipinski definition) is 4. The summed E-state index contributed by atoms with van der Waals surface area (Å²) in [7, 11) is -3.93. The first-order valence-corrected chi connectivity index (χ1v) is 13.4. The number of halogens is 4. The van der Waals surface area contributed by atoms with E-state index in [0.29, 0.717) is 17.1 Å². The van der Waals surface area contributed by atoms with Gasteiger partial charge in [0.15, 0.2) is 0 Å². The molecule has 0 aromatic heterocycles. The first kappa shape index (κ1) is 29.4. The van der Waals surface area contributed by atoms with Crippen molar-refractivity contribution in [1.82, 2.24) is 10.2 Å². The van der Waals surface area contributed by atoms with E-state index in [-0.39, 0.29) is 37.5 Å². The van der Waals surface area contributed by atoms with E-state index in [1.807, 2.05) is 0 Å². The van der Waals surface area contributed by atoms with Crippen molar-refractivity contribution in [2.24, 2.45) is 0 Å². The zero-order valence-electron chi connectivity index (χ0n) is 20.2. The molecule has 0 heterocycles. The summed E-state index contributed by atoms with van der Waals surface area (Å²) in [6.45, 7) is 3.59. The highest BCUT2D eigenvalue weighted by atomic mass is 35.5. The van der Waals surface area contributed by atoms with E-state index in [0.717, 1.165) is 28.8 Å². The van der Waals surface area contributed by atoms with Crippen LogP contribution in [0.1, 0.15) is 37.8 Å². The number of sulfonamides is 1. The van der Waals surface area contributed by atoms with Crippen LogP contribution in [-0.4, -0.2) is 50.5 Å². The summed E-state index contributed by atoms with van der Waals surface area (Å²) in [6, 6.07) is 10.0. The van der Waals surface area contributed by atoms with E-state index in [4.69, 9.17) is 11.6 Å². The third kappa shape index (κ3) is 8.41. The van der Waals surface area contributed by atoms with Crippen LogP contribution < -0.4 is 9.62 Å². The minimum absolute atomic E-state index is 0.0241. The van der Waals surface area contributed by atoms with Crippen LogP contribution in [0.4, 0.5) is 18.9 Å². The number of nitrogens with zero attached hydrogens (tertiary/aromatic N) is 2. The molecule has 12 heteroatoms. The molecule has 1 atom stereocenters. The fourth-order valence-electron chi connectivity index (χ4n) is 3.58. The van der Waals surface area contributed by atoms with Gasteiger partial charge in [-0.1, -0.05) is 29.8 Å². The van der Waals surface area contributed by atoms with E-state index in [1.54, 1.807) is 38.1 Å². The molecule has 0 unspecified atom stereocenters. The average molecular weight is 548 g/mol. The molecule has 0 radical (unpaired) electrons. The van der Waals surface area contributed by atoms with Gasteiger partial charge in [-0.15, -0.1) is 0 Å². The smallest absolute Gasteiger partial charge is 0.355 e. The van der Waals surface area contributed by atoms with Crippen molar-refractivity contribution in [1.29, 1.82) is 0 Å². The van der Waals surface area contributed by atoms with Crippen LogP contribution in [0.25, 0.3) is 0 Å². The van der Waals surface area contributed by atoms with Gasteiger partial charge in [-0.05, 0) is 56.2 Å². The van der Waals surface area contributed by atoms with Gasteiger partial charge in [0.2, 0.25) is 21.8 Å². The van der Waals surface area contributed by atoms with Gasteiger partial charge in [-0.25, -0.2) is 8.42 Å². The summed E-state index contributed by atoms with van der Waals surface area (Å²) in [5, 5.41) is 3.14. The lowest BCUT2D eigenvalue weighted by Crippen LogP contribution is -2.47. The molecule has 0 aliphatic rings. The maximum Gasteiger partial charge on any atom is 0.416 e. The van der Waals surface area contributed by atoms with Crippen molar-refractivity contribution in [2.75, 3.05) is 23.7 Å². The van der Waals surface area contributed by atoms with E-state index in [9.17, 15) is 31.2 Å². The zero-order chi connectivity index (χ0) is 27.1. The van der Waals surface area contributed by atoms with E-state index >= 15 is 0 Å². The van der Waals surface area contributed by atoms with E-state index in [2.05, 4.69) is 5.32 Å². The Morgan fingerprint density at radius 1 is 1.11 bits per heavy atom. The summed E-state index contributed by atoms with van der Waals surface area (Å²) in [4.78, 5) is 26.9. The van der Waals surface area contributed by atoms with Gasteiger partial charge in [0.05, 0.1) is 17.5 Å². The van der Waals surface area contributed by atoms with Gasteiger partial charge in [0.1, 0.15) is 6.04 Å². The zero-order valence-corrected chi connectivity index (χ0v) is 21.8. The van der Waals surface area contributed by atoms with Gasteiger partial charge < -0.3 is 10.2 Å². The Balaban J connectivity index is 2.20. The monoisotopic (exact) mass is 547 g/mol. The number of carbonyl (C=O) groups excluding carboxylic acids is 2. The first-order valence-electron chi connectivity index (χ1n) is 11.2. The highest BCUT2D eigenvalue weighted by molar-refractivity contribution is 7.92. The number of hydrogen-bond donors (Lipinski definition) is 1. The summed E-state index contributed by atoms with van der Waals surface area (Å²) in [5.74, 6) is -0.763. The molecule has 2 aromatic rings. The Morgan fingerprint density at radius 2 is 1.78 bits per heavy atom.